The second kappa shape index (κ2) is 11.6. The molecule has 6 nitrogen and oxygen atoms in total. The molecule has 4 rings (SSSR count). The van der Waals surface area contributed by atoms with Crippen LogP contribution in [0, 0.1) is 11.8 Å². The third-order valence-electron chi connectivity index (χ3n) is 6.72. The highest BCUT2D eigenvalue weighted by Gasteiger charge is 2.32. The van der Waals surface area contributed by atoms with Gasteiger partial charge in [0.25, 0.3) is 0 Å². The van der Waals surface area contributed by atoms with E-state index >= 15 is 0 Å². The van der Waals surface area contributed by atoms with Crippen molar-refractivity contribution in [3.8, 4) is 0 Å². The molecular weight excluding hydrogens is 436 g/mol. The molecule has 2 aromatic rings. The zero-order valence-electron chi connectivity index (χ0n) is 19.3. The van der Waals surface area contributed by atoms with Gasteiger partial charge in [-0.2, -0.15) is 0 Å². The van der Waals surface area contributed by atoms with Crippen molar-refractivity contribution in [1.29, 1.82) is 0 Å². The van der Waals surface area contributed by atoms with Crippen molar-refractivity contribution >= 4 is 23.2 Å². The van der Waals surface area contributed by atoms with Gasteiger partial charge in [0.15, 0.2) is 0 Å². The lowest BCUT2D eigenvalue weighted by atomic mass is 9.87. The van der Waals surface area contributed by atoms with Crippen LogP contribution < -0.4 is 0 Å². The number of hydrogen-bond acceptors (Lipinski definition) is 5. The van der Waals surface area contributed by atoms with Gasteiger partial charge in [-0.3, -0.25) is 14.7 Å². The minimum Gasteiger partial charge on any atom is -0.396 e. The summed E-state index contributed by atoms with van der Waals surface area (Å²) >= 11 is 6.06. The van der Waals surface area contributed by atoms with E-state index in [2.05, 4.69) is 32.1 Å². The highest BCUT2D eigenvalue weighted by atomic mass is 35.5. The Morgan fingerprint density at radius 3 is 2.27 bits per heavy atom. The standard InChI is InChI=1S/C26H33ClN4O2/c1-2-33-29-25(21-3-5-24(27)6-4-21)22-11-17-31(18-12-22)26(32)23-9-15-30(16-10-23)19-20-7-13-28-14-8-20/h3-8,13-14,22-23H,2,9-12,15-19H2,1H3. The Hall–Kier alpha value is -2.44. The van der Waals surface area contributed by atoms with E-state index in [1.165, 1.54) is 5.56 Å². The summed E-state index contributed by atoms with van der Waals surface area (Å²) in [7, 11) is 0. The number of likely N-dealkylation sites (tertiary alicyclic amines) is 2. The molecule has 0 unspecified atom stereocenters. The summed E-state index contributed by atoms with van der Waals surface area (Å²) < 4.78 is 0. The van der Waals surface area contributed by atoms with Crippen LogP contribution in [0.5, 0.6) is 0 Å². The van der Waals surface area contributed by atoms with E-state index < -0.39 is 0 Å². The molecule has 7 heteroatoms. The normalized spacial score (nSPS) is 19.0. The minimum atomic E-state index is 0.142. The Morgan fingerprint density at radius 2 is 1.64 bits per heavy atom. The number of carbonyl (C=O) groups excluding carboxylic acids is 1. The topological polar surface area (TPSA) is 58.0 Å². The van der Waals surface area contributed by atoms with Crippen LogP contribution in [0.25, 0.3) is 0 Å². The predicted octanol–water partition coefficient (Wildman–Crippen LogP) is 4.63. The van der Waals surface area contributed by atoms with Crippen LogP contribution in [0.3, 0.4) is 0 Å². The van der Waals surface area contributed by atoms with Crippen molar-refractivity contribution < 1.29 is 9.63 Å². The van der Waals surface area contributed by atoms with Crippen LogP contribution >= 0.6 is 11.6 Å². The molecule has 0 spiro atoms. The number of carbonyl (C=O) groups is 1. The molecule has 2 fully saturated rings. The summed E-state index contributed by atoms with van der Waals surface area (Å²) in [5.74, 6) is 0.749. The molecular formula is C26H33ClN4O2. The van der Waals surface area contributed by atoms with Gasteiger partial charge in [-0.25, -0.2) is 0 Å². The Kier molecular flexibility index (Phi) is 8.35. The zero-order valence-corrected chi connectivity index (χ0v) is 20.1. The third-order valence-corrected chi connectivity index (χ3v) is 6.97. The molecule has 2 aliphatic rings. The largest absolute Gasteiger partial charge is 0.396 e. The van der Waals surface area contributed by atoms with Gasteiger partial charge in [0.05, 0.1) is 5.71 Å². The molecule has 2 aliphatic heterocycles. The van der Waals surface area contributed by atoms with Crippen LogP contribution in [-0.2, 0) is 16.2 Å². The van der Waals surface area contributed by atoms with Gasteiger partial charge in [0.2, 0.25) is 5.91 Å². The maximum atomic E-state index is 13.2. The van der Waals surface area contributed by atoms with Crippen LogP contribution in [0.4, 0.5) is 0 Å². The highest BCUT2D eigenvalue weighted by molar-refractivity contribution is 6.30. The molecule has 0 bridgehead atoms. The number of hydrogen-bond donors (Lipinski definition) is 0. The van der Waals surface area contributed by atoms with Crippen molar-refractivity contribution in [2.75, 3.05) is 32.8 Å². The van der Waals surface area contributed by atoms with Gasteiger partial charge in [0, 0.05) is 48.9 Å². The number of oxime groups is 1. The van der Waals surface area contributed by atoms with Crippen LogP contribution in [0.15, 0.2) is 53.9 Å². The Bertz CT molecular complexity index is 919. The monoisotopic (exact) mass is 468 g/mol. The van der Waals surface area contributed by atoms with E-state index in [9.17, 15) is 4.79 Å². The van der Waals surface area contributed by atoms with Crippen molar-refractivity contribution in [2.24, 2.45) is 17.0 Å². The Labute approximate surface area is 201 Å². The van der Waals surface area contributed by atoms with E-state index in [1.807, 2.05) is 43.6 Å². The maximum absolute atomic E-state index is 13.2. The molecule has 3 heterocycles. The Balaban J connectivity index is 1.29. The zero-order chi connectivity index (χ0) is 23.0. The number of aromatic nitrogens is 1. The highest BCUT2D eigenvalue weighted by Crippen LogP contribution is 2.27. The lowest BCUT2D eigenvalue weighted by Gasteiger charge is -2.37. The van der Waals surface area contributed by atoms with Gasteiger partial charge in [0.1, 0.15) is 6.61 Å². The number of nitrogens with zero attached hydrogens (tertiary/aromatic N) is 4. The average molecular weight is 469 g/mol. The summed E-state index contributed by atoms with van der Waals surface area (Å²) in [6.45, 7) is 6.90. The number of halogens is 1. The summed E-state index contributed by atoms with van der Waals surface area (Å²) in [6.07, 6.45) is 7.36. The molecule has 1 amide bonds. The fourth-order valence-corrected chi connectivity index (χ4v) is 4.96. The molecule has 0 radical (unpaired) electrons. The second-order valence-corrected chi connectivity index (χ2v) is 9.34. The molecule has 0 N–H and O–H groups in total. The minimum absolute atomic E-state index is 0.142. The lowest BCUT2D eigenvalue weighted by Crippen LogP contribution is -2.46. The van der Waals surface area contributed by atoms with Crippen molar-refractivity contribution in [1.82, 2.24) is 14.8 Å². The molecule has 33 heavy (non-hydrogen) atoms. The van der Waals surface area contributed by atoms with Crippen molar-refractivity contribution in [3.05, 3.63) is 64.9 Å². The van der Waals surface area contributed by atoms with E-state index in [-0.39, 0.29) is 11.8 Å². The first kappa shape index (κ1) is 23.7. The van der Waals surface area contributed by atoms with Gasteiger partial charge < -0.3 is 9.74 Å². The summed E-state index contributed by atoms with van der Waals surface area (Å²) in [4.78, 5) is 27.2. The van der Waals surface area contributed by atoms with Gasteiger partial charge >= 0.3 is 0 Å². The molecule has 1 aromatic carbocycles. The molecule has 1 aromatic heterocycles. The van der Waals surface area contributed by atoms with Crippen LogP contribution in [0.2, 0.25) is 5.02 Å². The summed E-state index contributed by atoms with van der Waals surface area (Å²) in [5, 5.41) is 5.14. The number of amides is 1. The Morgan fingerprint density at radius 1 is 1.00 bits per heavy atom. The van der Waals surface area contributed by atoms with Crippen molar-refractivity contribution in [2.45, 2.75) is 39.2 Å². The molecule has 0 saturated carbocycles. The van der Waals surface area contributed by atoms with E-state index in [0.717, 1.165) is 69.7 Å². The summed E-state index contributed by atoms with van der Waals surface area (Å²) in [5.41, 5.74) is 3.28. The quantitative estimate of drug-likeness (QED) is 0.439. The van der Waals surface area contributed by atoms with E-state index in [4.69, 9.17) is 16.4 Å². The molecule has 176 valence electrons. The smallest absolute Gasteiger partial charge is 0.225 e. The first-order chi connectivity index (χ1) is 16.1. The first-order valence-electron chi connectivity index (χ1n) is 12.0. The summed E-state index contributed by atoms with van der Waals surface area (Å²) in [6, 6.07) is 11.9. The van der Waals surface area contributed by atoms with Gasteiger partial charge in [-0.1, -0.05) is 28.9 Å². The average Bonchev–Trinajstić information content (AvgIpc) is 2.86. The van der Waals surface area contributed by atoms with E-state index in [1.54, 1.807) is 0 Å². The lowest BCUT2D eigenvalue weighted by molar-refractivity contribution is -0.138. The molecule has 0 aliphatic carbocycles. The van der Waals surface area contributed by atoms with Crippen LogP contribution in [-0.4, -0.2) is 59.2 Å². The maximum Gasteiger partial charge on any atom is 0.225 e. The third kappa shape index (κ3) is 6.33. The number of pyridine rings is 1. The van der Waals surface area contributed by atoms with Crippen LogP contribution in [0.1, 0.15) is 43.7 Å². The van der Waals surface area contributed by atoms with Gasteiger partial charge in [-0.05, 0) is 81.1 Å². The number of rotatable bonds is 7. The predicted molar refractivity (Wildman–Crippen MR) is 131 cm³/mol. The first-order valence-corrected chi connectivity index (χ1v) is 12.4. The SMILES string of the molecule is CCON=C(c1ccc(Cl)cc1)C1CCN(C(=O)C2CCN(Cc3ccncc3)CC2)CC1. The number of piperidine rings is 2. The van der Waals surface area contributed by atoms with Crippen molar-refractivity contribution in [3.63, 3.8) is 0 Å². The number of benzene rings is 1. The second-order valence-electron chi connectivity index (χ2n) is 8.91. The van der Waals surface area contributed by atoms with Gasteiger partial charge in [-0.15, -0.1) is 0 Å². The van der Waals surface area contributed by atoms with E-state index in [0.29, 0.717) is 17.5 Å². The molecule has 0 atom stereocenters. The fourth-order valence-electron chi connectivity index (χ4n) is 4.83. The fraction of sp³-hybridized carbons (Fsp3) is 0.500. The molecule has 2 saturated heterocycles.